The molecule has 41 heavy (non-hydrogen) atoms. The van der Waals surface area contributed by atoms with Gasteiger partial charge in [-0.15, -0.1) is 0 Å². The zero-order valence-corrected chi connectivity index (χ0v) is 23.4. The van der Waals surface area contributed by atoms with Crippen LogP contribution in [-0.4, -0.2) is 66.6 Å². The lowest BCUT2D eigenvalue weighted by molar-refractivity contribution is -0.143. The SMILES string of the molecule is COC(=O)COc1cc(OC)ccc1CC(C(=O)c1ccc(OC)c(OC)c1)=C(C(=O)O)c1ccc2nsnc2c1. The van der Waals surface area contributed by atoms with E-state index in [0.29, 0.717) is 33.8 Å². The van der Waals surface area contributed by atoms with Gasteiger partial charge in [-0.25, -0.2) is 9.59 Å². The van der Waals surface area contributed by atoms with Crippen molar-refractivity contribution in [1.29, 1.82) is 0 Å². The van der Waals surface area contributed by atoms with Crippen LogP contribution >= 0.6 is 11.7 Å². The highest BCUT2D eigenvalue weighted by Crippen LogP contribution is 2.34. The molecule has 0 aliphatic carbocycles. The molecule has 1 N–H and O–H groups in total. The van der Waals surface area contributed by atoms with E-state index in [4.69, 9.17) is 18.9 Å². The van der Waals surface area contributed by atoms with E-state index in [1.807, 2.05) is 0 Å². The number of allylic oxidation sites excluding steroid dienone is 1. The number of Topliss-reactive ketones (excluding diaryl/α,β-unsaturated/α-hetero) is 1. The van der Waals surface area contributed by atoms with Gasteiger partial charge in [-0.2, -0.15) is 8.75 Å². The number of fused-ring (bicyclic) bond motifs is 1. The molecule has 0 spiro atoms. The Morgan fingerprint density at radius 1 is 0.780 bits per heavy atom. The summed E-state index contributed by atoms with van der Waals surface area (Å²) < 4.78 is 34.7. The topological polar surface area (TPSA) is 143 Å². The van der Waals surface area contributed by atoms with Gasteiger partial charge in [0.05, 0.1) is 45.7 Å². The summed E-state index contributed by atoms with van der Waals surface area (Å²) in [5.74, 6) is -1.13. The number of ketones is 1. The van der Waals surface area contributed by atoms with Gasteiger partial charge < -0.3 is 28.8 Å². The standard InChI is InChI=1S/C29H26N2O9S/c1-36-19-8-5-16(24(14-19)40-15-26(32)39-4)11-20(28(33)18-7-10-23(37-2)25(13-18)38-3)27(29(34)35)17-6-9-21-22(12-17)31-41-30-21/h5-10,12-14H,11,15H2,1-4H3,(H,34,35). The molecule has 0 amide bonds. The zero-order valence-electron chi connectivity index (χ0n) is 22.6. The van der Waals surface area contributed by atoms with Gasteiger partial charge in [0.25, 0.3) is 0 Å². The average molecular weight is 579 g/mol. The summed E-state index contributed by atoms with van der Waals surface area (Å²) in [6, 6.07) is 14.2. The summed E-state index contributed by atoms with van der Waals surface area (Å²) in [6.07, 6.45) is -0.164. The van der Waals surface area contributed by atoms with Crippen molar-refractivity contribution < 1.29 is 43.2 Å². The number of rotatable bonds is 12. The Morgan fingerprint density at radius 2 is 1.51 bits per heavy atom. The van der Waals surface area contributed by atoms with Gasteiger partial charge in [-0.3, -0.25) is 4.79 Å². The van der Waals surface area contributed by atoms with Gasteiger partial charge in [0.2, 0.25) is 0 Å². The minimum atomic E-state index is -1.32. The molecule has 212 valence electrons. The van der Waals surface area contributed by atoms with E-state index in [9.17, 15) is 19.5 Å². The first-order valence-corrected chi connectivity index (χ1v) is 12.8. The summed E-state index contributed by atoms with van der Waals surface area (Å²) in [5, 5.41) is 10.4. The molecule has 0 radical (unpaired) electrons. The fourth-order valence-corrected chi connectivity index (χ4v) is 4.64. The Hall–Kier alpha value is -4.97. The van der Waals surface area contributed by atoms with Crippen LogP contribution in [0, 0.1) is 0 Å². The zero-order chi connectivity index (χ0) is 29.5. The fraction of sp³-hybridized carbons (Fsp3) is 0.207. The summed E-state index contributed by atoms with van der Waals surface area (Å²) in [5.41, 5.74) is 1.72. The number of aromatic nitrogens is 2. The monoisotopic (exact) mass is 578 g/mol. The first-order chi connectivity index (χ1) is 19.8. The predicted octanol–water partition coefficient (Wildman–Crippen LogP) is 4.23. The van der Waals surface area contributed by atoms with Gasteiger partial charge >= 0.3 is 11.9 Å². The number of hydrogen-bond donors (Lipinski definition) is 1. The average Bonchev–Trinajstić information content (AvgIpc) is 3.47. The number of benzene rings is 3. The quantitative estimate of drug-likeness (QED) is 0.146. The molecule has 3 aromatic carbocycles. The molecular formula is C29H26N2O9S. The van der Waals surface area contributed by atoms with E-state index in [1.165, 1.54) is 40.6 Å². The van der Waals surface area contributed by atoms with Gasteiger partial charge in [-0.05, 0) is 47.5 Å². The summed E-state index contributed by atoms with van der Waals surface area (Å²) >= 11 is 0.996. The maximum absolute atomic E-state index is 14.1. The molecule has 4 aromatic rings. The van der Waals surface area contributed by atoms with Crippen LogP contribution in [0.5, 0.6) is 23.0 Å². The number of esters is 1. The number of carbonyl (C=O) groups excluding carboxylic acids is 2. The van der Waals surface area contributed by atoms with Gasteiger partial charge in [0, 0.05) is 23.6 Å². The van der Waals surface area contributed by atoms with Crippen molar-refractivity contribution in [3.63, 3.8) is 0 Å². The molecule has 0 aliphatic heterocycles. The third kappa shape index (κ3) is 6.44. The second kappa shape index (κ2) is 12.9. The highest BCUT2D eigenvalue weighted by molar-refractivity contribution is 7.00. The summed E-state index contributed by atoms with van der Waals surface area (Å²) in [7, 11) is 5.60. The Morgan fingerprint density at radius 3 is 2.20 bits per heavy atom. The van der Waals surface area contributed by atoms with Crippen LogP contribution in [0.15, 0.2) is 60.2 Å². The normalized spacial score (nSPS) is 11.4. The van der Waals surface area contributed by atoms with Crippen LogP contribution in [0.2, 0.25) is 0 Å². The molecule has 1 heterocycles. The van der Waals surface area contributed by atoms with Gasteiger partial charge in [-0.1, -0.05) is 12.1 Å². The number of aliphatic carboxylic acids is 1. The number of carbonyl (C=O) groups is 3. The number of carboxylic acids is 1. The van der Waals surface area contributed by atoms with Crippen LogP contribution < -0.4 is 18.9 Å². The van der Waals surface area contributed by atoms with Crippen LogP contribution in [0.4, 0.5) is 0 Å². The van der Waals surface area contributed by atoms with E-state index in [1.54, 1.807) is 42.5 Å². The van der Waals surface area contributed by atoms with Gasteiger partial charge in [0.1, 0.15) is 22.5 Å². The lowest BCUT2D eigenvalue weighted by atomic mass is 9.89. The van der Waals surface area contributed by atoms with E-state index in [2.05, 4.69) is 13.5 Å². The van der Waals surface area contributed by atoms with Gasteiger partial charge in [0.15, 0.2) is 23.9 Å². The highest BCUT2D eigenvalue weighted by Gasteiger charge is 2.26. The molecule has 0 saturated heterocycles. The molecule has 0 atom stereocenters. The molecule has 11 nitrogen and oxygen atoms in total. The molecule has 12 heteroatoms. The minimum absolute atomic E-state index is 0.0413. The number of ether oxygens (including phenoxy) is 5. The lowest BCUT2D eigenvalue weighted by Crippen LogP contribution is -2.16. The maximum Gasteiger partial charge on any atom is 0.343 e. The largest absolute Gasteiger partial charge is 0.497 e. The van der Waals surface area contributed by atoms with Crippen LogP contribution in [0.25, 0.3) is 16.6 Å². The minimum Gasteiger partial charge on any atom is -0.497 e. The molecule has 0 unspecified atom stereocenters. The predicted molar refractivity (Wildman–Crippen MR) is 150 cm³/mol. The number of hydrogen-bond acceptors (Lipinski definition) is 11. The molecule has 0 saturated carbocycles. The summed E-state index contributed by atoms with van der Waals surface area (Å²) in [6.45, 7) is -0.404. The Balaban J connectivity index is 1.91. The van der Waals surface area contributed by atoms with Crippen molar-refractivity contribution in [2.45, 2.75) is 6.42 Å². The lowest BCUT2D eigenvalue weighted by Gasteiger charge is -2.17. The van der Waals surface area contributed by atoms with Crippen molar-refractivity contribution >= 4 is 46.1 Å². The van der Waals surface area contributed by atoms with Crippen molar-refractivity contribution in [1.82, 2.24) is 8.75 Å². The first kappa shape index (κ1) is 29.0. The van der Waals surface area contributed by atoms with Crippen LogP contribution in [-0.2, 0) is 20.7 Å². The second-order valence-electron chi connectivity index (χ2n) is 8.54. The molecular weight excluding hydrogens is 552 g/mol. The summed E-state index contributed by atoms with van der Waals surface area (Å²) in [4.78, 5) is 38.7. The molecule has 4 rings (SSSR count). The Labute approximate surface area is 239 Å². The molecule has 1 aromatic heterocycles. The smallest absolute Gasteiger partial charge is 0.343 e. The number of methoxy groups -OCH3 is 4. The third-order valence-electron chi connectivity index (χ3n) is 6.19. The number of carboxylic acid groups (broad SMARTS) is 1. The van der Waals surface area contributed by atoms with E-state index < -0.39 is 24.3 Å². The fourth-order valence-electron chi connectivity index (χ4n) is 4.13. The van der Waals surface area contributed by atoms with E-state index >= 15 is 0 Å². The van der Waals surface area contributed by atoms with E-state index in [-0.39, 0.29) is 34.4 Å². The third-order valence-corrected chi connectivity index (χ3v) is 6.75. The highest BCUT2D eigenvalue weighted by atomic mass is 32.1. The van der Waals surface area contributed by atoms with Crippen molar-refractivity contribution in [2.24, 2.45) is 0 Å². The Bertz CT molecular complexity index is 1640. The molecule has 0 fully saturated rings. The number of nitrogens with zero attached hydrogens (tertiary/aromatic N) is 2. The van der Waals surface area contributed by atoms with E-state index in [0.717, 1.165) is 11.7 Å². The van der Waals surface area contributed by atoms with Crippen molar-refractivity contribution in [3.05, 3.63) is 76.9 Å². The maximum atomic E-state index is 14.1. The van der Waals surface area contributed by atoms with Crippen LogP contribution in [0.1, 0.15) is 21.5 Å². The second-order valence-corrected chi connectivity index (χ2v) is 9.07. The first-order valence-electron chi connectivity index (χ1n) is 12.1. The van der Waals surface area contributed by atoms with Crippen molar-refractivity contribution in [2.75, 3.05) is 35.0 Å². The van der Waals surface area contributed by atoms with Crippen molar-refractivity contribution in [3.8, 4) is 23.0 Å². The van der Waals surface area contributed by atoms with Crippen LogP contribution in [0.3, 0.4) is 0 Å². The Kier molecular flexibility index (Phi) is 9.15. The molecule has 0 bridgehead atoms. The molecule has 0 aliphatic rings.